The maximum absolute atomic E-state index is 11.1. The molecule has 1 N–H and O–H groups in total. The van der Waals surface area contributed by atoms with Crippen LogP contribution >= 0.6 is 11.3 Å². The fraction of sp³-hybridized carbons (Fsp3) is 0.227. The molecule has 1 saturated heterocycles. The topological polar surface area (TPSA) is 43.8 Å². The van der Waals surface area contributed by atoms with Crippen LogP contribution in [0.1, 0.15) is 6.42 Å². The number of nitrogens with zero attached hydrogens (tertiary/aromatic N) is 2. The number of carboxylic acids is 1. The minimum Gasteiger partial charge on any atom is -0.480 e. The van der Waals surface area contributed by atoms with Gasteiger partial charge in [-0.2, -0.15) is 11.3 Å². The van der Waals surface area contributed by atoms with Crippen molar-refractivity contribution >= 4 is 28.7 Å². The first kappa shape index (κ1) is 17.8. The number of aliphatic carboxylic acids is 1. The minimum atomic E-state index is -0.763. The summed E-state index contributed by atoms with van der Waals surface area (Å²) in [4.78, 5) is 15.5. The number of hydrogen-bond donors (Lipinski definition) is 1. The molecule has 1 atom stereocenters. The Labute approximate surface area is 163 Å². The Hall–Kier alpha value is -2.63. The van der Waals surface area contributed by atoms with Crippen molar-refractivity contribution in [2.24, 2.45) is 0 Å². The summed E-state index contributed by atoms with van der Waals surface area (Å²) < 4.78 is 0. The van der Waals surface area contributed by atoms with Crippen LogP contribution in [0.25, 0.3) is 11.1 Å². The Morgan fingerprint density at radius 2 is 1.89 bits per heavy atom. The van der Waals surface area contributed by atoms with E-state index in [-0.39, 0.29) is 12.6 Å². The van der Waals surface area contributed by atoms with Crippen LogP contribution in [0.5, 0.6) is 0 Å². The second-order valence-electron chi connectivity index (χ2n) is 6.84. The summed E-state index contributed by atoms with van der Waals surface area (Å²) >= 11 is 1.70. The number of thiophene rings is 1. The third-order valence-corrected chi connectivity index (χ3v) is 5.67. The highest BCUT2D eigenvalue weighted by molar-refractivity contribution is 7.08. The normalized spacial score (nSPS) is 17.1. The lowest BCUT2D eigenvalue weighted by Gasteiger charge is -2.32. The maximum atomic E-state index is 11.1. The molecule has 1 aliphatic heterocycles. The van der Waals surface area contributed by atoms with Crippen molar-refractivity contribution in [3.05, 3.63) is 71.4 Å². The SMILES string of the molecule is O=C(O)CN1CCC(N(c2ccccc2)c2cccc(-c3ccsc3)c2)C1. The summed E-state index contributed by atoms with van der Waals surface area (Å²) in [6.45, 7) is 1.67. The highest BCUT2D eigenvalue weighted by atomic mass is 32.1. The molecule has 2 heterocycles. The van der Waals surface area contributed by atoms with Gasteiger partial charge in [-0.15, -0.1) is 0 Å². The second kappa shape index (κ2) is 7.94. The molecule has 3 aromatic rings. The Kier molecular flexibility index (Phi) is 5.23. The molecule has 0 spiro atoms. The summed E-state index contributed by atoms with van der Waals surface area (Å²) in [5.74, 6) is -0.763. The van der Waals surface area contributed by atoms with Crippen LogP contribution in [-0.2, 0) is 4.79 Å². The van der Waals surface area contributed by atoms with E-state index in [2.05, 4.69) is 70.3 Å². The Bertz CT molecular complexity index is 896. The third-order valence-electron chi connectivity index (χ3n) is 4.98. The summed E-state index contributed by atoms with van der Waals surface area (Å²) in [5.41, 5.74) is 4.72. The molecule has 4 nitrogen and oxygen atoms in total. The maximum Gasteiger partial charge on any atom is 0.317 e. The molecule has 138 valence electrons. The van der Waals surface area contributed by atoms with Gasteiger partial charge < -0.3 is 10.0 Å². The molecule has 0 bridgehead atoms. The van der Waals surface area contributed by atoms with Crippen molar-refractivity contribution in [3.63, 3.8) is 0 Å². The fourth-order valence-electron chi connectivity index (χ4n) is 3.78. The molecule has 1 fully saturated rings. The van der Waals surface area contributed by atoms with Crippen molar-refractivity contribution in [3.8, 4) is 11.1 Å². The summed E-state index contributed by atoms with van der Waals surface area (Å²) in [6.07, 6.45) is 0.949. The van der Waals surface area contributed by atoms with Gasteiger partial charge in [-0.25, -0.2) is 0 Å². The number of hydrogen-bond acceptors (Lipinski definition) is 4. The molecule has 0 radical (unpaired) electrons. The molecule has 1 unspecified atom stereocenters. The van der Waals surface area contributed by atoms with Gasteiger partial charge in [-0.1, -0.05) is 30.3 Å². The van der Waals surface area contributed by atoms with Crippen molar-refractivity contribution < 1.29 is 9.90 Å². The van der Waals surface area contributed by atoms with Crippen molar-refractivity contribution in [1.82, 2.24) is 4.90 Å². The van der Waals surface area contributed by atoms with Gasteiger partial charge in [0.1, 0.15) is 0 Å². The molecule has 0 amide bonds. The molecule has 5 heteroatoms. The van der Waals surface area contributed by atoms with E-state index in [1.165, 1.54) is 11.1 Å². The Balaban J connectivity index is 1.67. The number of rotatable bonds is 6. The van der Waals surface area contributed by atoms with E-state index in [9.17, 15) is 4.79 Å². The van der Waals surface area contributed by atoms with Gasteiger partial charge in [0.2, 0.25) is 0 Å². The van der Waals surface area contributed by atoms with E-state index in [1.54, 1.807) is 11.3 Å². The first-order valence-electron chi connectivity index (χ1n) is 9.12. The van der Waals surface area contributed by atoms with E-state index in [0.29, 0.717) is 0 Å². The van der Waals surface area contributed by atoms with Crippen molar-refractivity contribution in [1.29, 1.82) is 0 Å². The zero-order valence-corrected chi connectivity index (χ0v) is 15.8. The highest BCUT2D eigenvalue weighted by Gasteiger charge is 2.30. The van der Waals surface area contributed by atoms with E-state index < -0.39 is 5.97 Å². The smallest absolute Gasteiger partial charge is 0.317 e. The Morgan fingerprint density at radius 3 is 2.63 bits per heavy atom. The molecular weight excluding hydrogens is 356 g/mol. The van der Waals surface area contributed by atoms with E-state index in [1.807, 2.05) is 11.0 Å². The second-order valence-corrected chi connectivity index (χ2v) is 7.62. The summed E-state index contributed by atoms with van der Waals surface area (Å²) in [7, 11) is 0. The lowest BCUT2D eigenvalue weighted by atomic mass is 10.1. The van der Waals surface area contributed by atoms with Gasteiger partial charge >= 0.3 is 5.97 Å². The third kappa shape index (κ3) is 4.04. The molecule has 1 aliphatic rings. The van der Waals surface area contributed by atoms with Crippen LogP contribution in [0.4, 0.5) is 11.4 Å². The molecular formula is C22H22N2O2S. The van der Waals surface area contributed by atoms with Crippen LogP contribution in [0.3, 0.4) is 0 Å². The first-order chi connectivity index (χ1) is 13.2. The lowest BCUT2D eigenvalue weighted by molar-refractivity contribution is -0.138. The molecule has 4 rings (SSSR count). The molecule has 0 saturated carbocycles. The van der Waals surface area contributed by atoms with Crippen molar-refractivity contribution in [2.75, 3.05) is 24.5 Å². The molecule has 2 aromatic carbocycles. The fourth-order valence-corrected chi connectivity index (χ4v) is 4.45. The highest BCUT2D eigenvalue weighted by Crippen LogP contribution is 2.34. The number of benzene rings is 2. The first-order valence-corrected chi connectivity index (χ1v) is 10.1. The predicted molar refractivity (Wildman–Crippen MR) is 111 cm³/mol. The number of carboxylic acid groups (broad SMARTS) is 1. The zero-order chi connectivity index (χ0) is 18.6. The molecule has 27 heavy (non-hydrogen) atoms. The van der Waals surface area contributed by atoms with Crippen molar-refractivity contribution in [2.45, 2.75) is 12.5 Å². The molecule has 0 aliphatic carbocycles. The number of carbonyl (C=O) groups is 1. The van der Waals surface area contributed by atoms with Gasteiger partial charge in [0, 0.05) is 30.5 Å². The quantitative estimate of drug-likeness (QED) is 0.674. The summed E-state index contributed by atoms with van der Waals surface area (Å²) in [5, 5.41) is 13.4. The van der Waals surface area contributed by atoms with Gasteiger partial charge in [0.25, 0.3) is 0 Å². The average Bonchev–Trinajstić information content (AvgIpc) is 3.35. The standard InChI is InChI=1S/C22H22N2O2S/c25-22(26)15-23-11-9-21(14-23)24(19-6-2-1-3-7-19)20-8-4-5-17(13-20)18-10-12-27-16-18/h1-8,10,12-13,16,21H,9,11,14-15H2,(H,25,26). The average molecular weight is 378 g/mol. The Morgan fingerprint density at radius 1 is 1.07 bits per heavy atom. The van der Waals surface area contributed by atoms with E-state index in [4.69, 9.17) is 5.11 Å². The van der Waals surface area contributed by atoms with Gasteiger partial charge in [-0.05, 0) is 58.6 Å². The number of anilines is 2. The van der Waals surface area contributed by atoms with E-state index in [0.717, 1.165) is 30.9 Å². The van der Waals surface area contributed by atoms with Crippen LogP contribution in [0, 0.1) is 0 Å². The van der Waals surface area contributed by atoms with Gasteiger partial charge in [0.05, 0.1) is 6.54 Å². The minimum absolute atomic E-state index is 0.105. The van der Waals surface area contributed by atoms with Crippen LogP contribution < -0.4 is 4.90 Å². The van der Waals surface area contributed by atoms with E-state index >= 15 is 0 Å². The molecule has 1 aromatic heterocycles. The lowest BCUT2D eigenvalue weighted by Crippen LogP contribution is -2.35. The zero-order valence-electron chi connectivity index (χ0n) is 15.0. The largest absolute Gasteiger partial charge is 0.480 e. The predicted octanol–water partition coefficient (Wildman–Crippen LogP) is 4.71. The number of para-hydroxylation sites is 1. The van der Waals surface area contributed by atoms with Crippen LogP contribution in [0.2, 0.25) is 0 Å². The van der Waals surface area contributed by atoms with Gasteiger partial charge in [0.15, 0.2) is 0 Å². The summed E-state index contributed by atoms with van der Waals surface area (Å²) in [6, 6.07) is 21.4. The monoisotopic (exact) mass is 378 g/mol. The van der Waals surface area contributed by atoms with Gasteiger partial charge in [-0.3, -0.25) is 9.69 Å². The number of likely N-dealkylation sites (tertiary alicyclic amines) is 1. The van der Waals surface area contributed by atoms with Crippen LogP contribution in [0.15, 0.2) is 71.4 Å². The van der Waals surface area contributed by atoms with Crippen LogP contribution in [-0.4, -0.2) is 41.7 Å².